The normalized spacial score (nSPS) is 10.4. The van der Waals surface area contributed by atoms with Crippen LogP contribution in [0.25, 0.3) is 16.6 Å². The van der Waals surface area contributed by atoms with Gasteiger partial charge >= 0.3 is 0 Å². The van der Waals surface area contributed by atoms with Crippen LogP contribution < -0.4 is 10.9 Å². The van der Waals surface area contributed by atoms with Gasteiger partial charge in [0.1, 0.15) is 11.6 Å². The Bertz CT molecular complexity index is 1060. The maximum atomic E-state index is 12.9. The van der Waals surface area contributed by atoms with Crippen molar-refractivity contribution in [2.24, 2.45) is 0 Å². The third-order valence-corrected chi connectivity index (χ3v) is 3.87. The van der Waals surface area contributed by atoms with Crippen LogP contribution in [0.2, 0.25) is 0 Å². The Labute approximate surface area is 142 Å². The fraction of sp³-hybridized carbons (Fsp3) is 0.111. The Kier molecular flexibility index (Phi) is 4.18. The molecule has 0 fully saturated rings. The lowest BCUT2D eigenvalue weighted by molar-refractivity contribution is -0.384. The molecule has 1 aromatic heterocycles. The highest BCUT2D eigenvalue weighted by Gasteiger charge is 2.17. The molecule has 2 aromatic carbocycles. The summed E-state index contributed by atoms with van der Waals surface area (Å²) in [6.07, 6.45) is 0. The van der Waals surface area contributed by atoms with E-state index < -0.39 is 10.5 Å². The van der Waals surface area contributed by atoms with E-state index in [4.69, 9.17) is 0 Å². The number of nitrogens with one attached hydrogen (secondary N) is 1. The van der Waals surface area contributed by atoms with Crippen LogP contribution in [0, 0.1) is 21.4 Å². The lowest BCUT2D eigenvalue weighted by atomic mass is 10.1. The number of hydrogen-bond acceptors (Lipinski definition) is 5. The van der Waals surface area contributed by atoms with Crippen molar-refractivity contribution >= 4 is 22.3 Å². The zero-order chi connectivity index (χ0) is 18.0. The molecule has 0 radical (unpaired) electrons. The number of nitro benzene ring substituents is 1. The van der Waals surface area contributed by atoms with Gasteiger partial charge in [0.25, 0.3) is 11.2 Å². The van der Waals surface area contributed by atoms with Crippen molar-refractivity contribution in [2.45, 2.75) is 6.92 Å². The second kappa shape index (κ2) is 6.45. The third kappa shape index (κ3) is 2.70. The monoisotopic (exact) mass is 334 g/mol. The van der Waals surface area contributed by atoms with Gasteiger partial charge in [0.15, 0.2) is 0 Å². The highest BCUT2D eigenvalue weighted by molar-refractivity contribution is 5.95. The number of rotatable bonds is 4. The summed E-state index contributed by atoms with van der Waals surface area (Å²) in [7, 11) is 0. The second-order valence-corrected chi connectivity index (χ2v) is 5.32. The van der Waals surface area contributed by atoms with E-state index in [0.717, 1.165) is 5.39 Å². The molecule has 25 heavy (non-hydrogen) atoms. The van der Waals surface area contributed by atoms with Crippen LogP contribution in [-0.4, -0.2) is 16.0 Å². The molecule has 0 saturated carbocycles. The molecule has 0 amide bonds. The Balaban J connectivity index is 2.38. The number of anilines is 1. The van der Waals surface area contributed by atoms with Gasteiger partial charge in [0.2, 0.25) is 0 Å². The van der Waals surface area contributed by atoms with Crippen molar-refractivity contribution in [3.05, 3.63) is 74.6 Å². The smallest absolute Gasteiger partial charge is 0.275 e. The SMILES string of the molecule is CCNc1c(C#N)c(=O)n(-c2ccc([N+](=O)[O-])cc2)c2ccccc12. The van der Waals surface area contributed by atoms with Crippen LogP contribution in [0.4, 0.5) is 11.4 Å². The summed E-state index contributed by atoms with van der Waals surface area (Å²) in [5, 5.41) is 24.1. The number of nitro groups is 1. The van der Waals surface area contributed by atoms with E-state index in [1.54, 1.807) is 12.1 Å². The minimum atomic E-state index is -0.500. The standard InChI is InChI=1S/C18H14N4O3/c1-2-20-17-14-5-3-4-6-16(14)21(18(23)15(17)11-19)12-7-9-13(10-8-12)22(24)25/h3-10,20H,2H2,1H3. The number of non-ortho nitro benzene ring substituents is 1. The zero-order valence-corrected chi connectivity index (χ0v) is 13.4. The van der Waals surface area contributed by atoms with Crippen molar-refractivity contribution in [1.29, 1.82) is 5.26 Å². The maximum absolute atomic E-state index is 12.9. The zero-order valence-electron chi connectivity index (χ0n) is 13.4. The number of aromatic nitrogens is 1. The van der Waals surface area contributed by atoms with Gasteiger partial charge in [-0.05, 0) is 25.1 Å². The Morgan fingerprint density at radius 3 is 2.48 bits per heavy atom. The molecule has 0 unspecified atom stereocenters. The van der Waals surface area contributed by atoms with E-state index in [1.807, 2.05) is 25.1 Å². The Morgan fingerprint density at radius 2 is 1.88 bits per heavy atom. The predicted molar refractivity (Wildman–Crippen MR) is 95.1 cm³/mol. The molecule has 7 heteroatoms. The largest absolute Gasteiger partial charge is 0.384 e. The minimum absolute atomic E-state index is 0.0129. The van der Waals surface area contributed by atoms with Gasteiger partial charge in [-0.25, -0.2) is 0 Å². The number of nitrogens with zero attached hydrogens (tertiary/aromatic N) is 3. The van der Waals surface area contributed by atoms with Crippen LogP contribution in [0.1, 0.15) is 12.5 Å². The average molecular weight is 334 g/mol. The predicted octanol–water partition coefficient (Wildman–Crippen LogP) is 3.20. The van der Waals surface area contributed by atoms with E-state index in [0.29, 0.717) is 23.4 Å². The van der Waals surface area contributed by atoms with Gasteiger partial charge in [0.05, 0.1) is 16.1 Å². The molecule has 124 valence electrons. The Morgan fingerprint density at radius 1 is 1.20 bits per heavy atom. The van der Waals surface area contributed by atoms with Crippen molar-refractivity contribution in [3.8, 4) is 11.8 Å². The van der Waals surface area contributed by atoms with Crippen molar-refractivity contribution < 1.29 is 4.92 Å². The Hall–Kier alpha value is -3.66. The molecule has 7 nitrogen and oxygen atoms in total. The lowest BCUT2D eigenvalue weighted by Gasteiger charge is -2.15. The van der Waals surface area contributed by atoms with Crippen molar-refractivity contribution in [1.82, 2.24) is 4.57 Å². The molecular weight excluding hydrogens is 320 g/mol. The summed E-state index contributed by atoms with van der Waals surface area (Å²) < 4.78 is 1.40. The lowest BCUT2D eigenvalue weighted by Crippen LogP contribution is -2.23. The third-order valence-electron chi connectivity index (χ3n) is 3.87. The highest BCUT2D eigenvalue weighted by atomic mass is 16.6. The molecule has 0 spiro atoms. The first-order valence-corrected chi connectivity index (χ1v) is 7.65. The number of para-hydroxylation sites is 1. The highest BCUT2D eigenvalue weighted by Crippen LogP contribution is 2.27. The molecule has 3 rings (SSSR count). The summed E-state index contributed by atoms with van der Waals surface area (Å²) in [4.78, 5) is 23.2. The summed E-state index contributed by atoms with van der Waals surface area (Å²) in [6, 6.07) is 14.9. The molecule has 0 aliphatic rings. The molecule has 1 heterocycles. The molecule has 0 atom stereocenters. The number of pyridine rings is 1. The molecule has 1 N–H and O–H groups in total. The molecule has 3 aromatic rings. The van der Waals surface area contributed by atoms with Crippen LogP contribution in [0.3, 0.4) is 0 Å². The van der Waals surface area contributed by atoms with Gasteiger partial charge in [0, 0.05) is 29.8 Å². The van der Waals surface area contributed by atoms with Crippen molar-refractivity contribution in [2.75, 3.05) is 11.9 Å². The molecule has 0 aliphatic heterocycles. The van der Waals surface area contributed by atoms with E-state index in [9.17, 15) is 20.2 Å². The second-order valence-electron chi connectivity index (χ2n) is 5.32. The van der Waals surface area contributed by atoms with E-state index >= 15 is 0 Å². The first kappa shape index (κ1) is 16.2. The van der Waals surface area contributed by atoms with Gasteiger partial charge in [-0.15, -0.1) is 0 Å². The minimum Gasteiger partial charge on any atom is -0.384 e. The number of hydrogen-bond donors (Lipinski definition) is 1. The number of fused-ring (bicyclic) bond motifs is 1. The summed E-state index contributed by atoms with van der Waals surface area (Å²) >= 11 is 0. The van der Waals surface area contributed by atoms with Crippen molar-refractivity contribution in [3.63, 3.8) is 0 Å². The first-order chi connectivity index (χ1) is 12.1. The van der Waals surface area contributed by atoms with Crippen LogP contribution in [-0.2, 0) is 0 Å². The fourth-order valence-electron chi connectivity index (χ4n) is 2.79. The van der Waals surface area contributed by atoms with Crippen LogP contribution in [0.15, 0.2) is 53.3 Å². The maximum Gasteiger partial charge on any atom is 0.275 e. The molecule has 0 bridgehead atoms. The topological polar surface area (TPSA) is 101 Å². The average Bonchev–Trinajstić information content (AvgIpc) is 2.62. The molecule has 0 saturated heterocycles. The summed E-state index contributed by atoms with van der Waals surface area (Å²) in [5.74, 6) is 0. The number of nitriles is 1. The molecule has 0 aliphatic carbocycles. The summed E-state index contributed by atoms with van der Waals surface area (Å²) in [6.45, 7) is 2.46. The summed E-state index contributed by atoms with van der Waals surface area (Å²) in [5.41, 5.74) is 1.07. The molecular formula is C18H14N4O3. The van der Waals surface area contributed by atoms with Crippen LogP contribution >= 0.6 is 0 Å². The van der Waals surface area contributed by atoms with Gasteiger partial charge in [-0.2, -0.15) is 5.26 Å². The first-order valence-electron chi connectivity index (χ1n) is 7.65. The van der Waals surface area contributed by atoms with E-state index in [1.165, 1.54) is 28.8 Å². The van der Waals surface area contributed by atoms with Gasteiger partial charge in [-0.1, -0.05) is 18.2 Å². The quantitative estimate of drug-likeness (QED) is 0.583. The van der Waals surface area contributed by atoms with Gasteiger partial charge in [-0.3, -0.25) is 19.5 Å². The van der Waals surface area contributed by atoms with E-state index in [-0.39, 0.29) is 11.3 Å². The fourth-order valence-corrected chi connectivity index (χ4v) is 2.79. The number of benzene rings is 2. The van der Waals surface area contributed by atoms with Gasteiger partial charge < -0.3 is 5.32 Å². The van der Waals surface area contributed by atoms with E-state index in [2.05, 4.69) is 5.32 Å². The van der Waals surface area contributed by atoms with Crippen LogP contribution in [0.5, 0.6) is 0 Å².